The second kappa shape index (κ2) is 5.89. The van der Waals surface area contributed by atoms with E-state index in [4.69, 9.17) is 0 Å². The number of hydrogen-bond acceptors (Lipinski definition) is 6. The van der Waals surface area contributed by atoms with E-state index in [1.807, 2.05) is 25.1 Å². The van der Waals surface area contributed by atoms with Gasteiger partial charge in [-0.2, -0.15) is 5.21 Å². The Hall–Kier alpha value is -2.12. The van der Waals surface area contributed by atoms with Gasteiger partial charge in [-0.1, -0.05) is 35.5 Å². The lowest BCUT2D eigenvalue weighted by Gasteiger charge is -2.07. The molecule has 0 bridgehead atoms. The van der Waals surface area contributed by atoms with Crippen LogP contribution in [-0.2, 0) is 6.54 Å². The second-order valence-electron chi connectivity index (χ2n) is 4.37. The first kappa shape index (κ1) is 12.9. The van der Waals surface area contributed by atoms with Crippen LogP contribution in [0.3, 0.4) is 0 Å². The van der Waals surface area contributed by atoms with E-state index in [2.05, 4.69) is 48.4 Å². The van der Waals surface area contributed by atoms with Crippen molar-refractivity contribution in [3.05, 3.63) is 46.5 Å². The Morgan fingerprint density at radius 3 is 2.90 bits per heavy atom. The van der Waals surface area contributed by atoms with Gasteiger partial charge in [-0.05, 0) is 6.92 Å². The average molecular weight is 286 g/mol. The first-order valence-corrected chi connectivity index (χ1v) is 7.17. The monoisotopic (exact) mass is 286 g/mol. The van der Waals surface area contributed by atoms with Crippen LogP contribution in [0.25, 0.3) is 11.3 Å². The van der Waals surface area contributed by atoms with Crippen molar-refractivity contribution in [1.82, 2.24) is 30.9 Å². The van der Waals surface area contributed by atoms with Gasteiger partial charge in [0.25, 0.3) is 0 Å². The van der Waals surface area contributed by atoms with Crippen molar-refractivity contribution in [3.8, 4) is 11.3 Å². The summed E-state index contributed by atoms with van der Waals surface area (Å²) in [4.78, 5) is 4.63. The SMILES string of the molecule is CC(NCc1nc(-c2ccccc2)cs1)c1nn[nH]n1. The van der Waals surface area contributed by atoms with E-state index in [0.29, 0.717) is 12.4 Å². The highest BCUT2D eigenvalue weighted by atomic mass is 32.1. The van der Waals surface area contributed by atoms with Crippen molar-refractivity contribution in [2.75, 3.05) is 0 Å². The largest absolute Gasteiger partial charge is 0.301 e. The molecular formula is C13H14N6S. The highest BCUT2D eigenvalue weighted by molar-refractivity contribution is 7.09. The Morgan fingerprint density at radius 1 is 1.30 bits per heavy atom. The molecule has 102 valence electrons. The predicted molar refractivity (Wildman–Crippen MR) is 77.0 cm³/mol. The minimum absolute atomic E-state index is 0.0397. The molecule has 2 N–H and O–H groups in total. The number of hydrogen-bond donors (Lipinski definition) is 2. The van der Waals surface area contributed by atoms with E-state index in [0.717, 1.165) is 16.3 Å². The van der Waals surface area contributed by atoms with Gasteiger partial charge in [-0.15, -0.1) is 21.5 Å². The molecule has 2 heterocycles. The molecule has 1 unspecified atom stereocenters. The number of aromatic nitrogens is 5. The Kier molecular flexibility index (Phi) is 3.80. The number of rotatable bonds is 5. The second-order valence-corrected chi connectivity index (χ2v) is 5.31. The molecule has 20 heavy (non-hydrogen) atoms. The summed E-state index contributed by atoms with van der Waals surface area (Å²) in [6.07, 6.45) is 0. The predicted octanol–water partition coefficient (Wildman–Crippen LogP) is 2.17. The van der Waals surface area contributed by atoms with Gasteiger partial charge in [-0.25, -0.2) is 4.98 Å². The molecule has 0 radical (unpaired) electrons. The summed E-state index contributed by atoms with van der Waals surface area (Å²) in [5.74, 6) is 0.657. The third-order valence-electron chi connectivity index (χ3n) is 2.93. The minimum atomic E-state index is 0.0397. The van der Waals surface area contributed by atoms with Gasteiger partial charge in [0.2, 0.25) is 0 Å². The topological polar surface area (TPSA) is 79.4 Å². The summed E-state index contributed by atoms with van der Waals surface area (Å²) in [6.45, 7) is 2.68. The van der Waals surface area contributed by atoms with Crippen LogP contribution in [0.2, 0.25) is 0 Å². The van der Waals surface area contributed by atoms with E-state index >= 15 is 0 Å². The zero-order chi connectivity index (χ0) is 13.8. The fourth-order valence-corrected chi connectivity index (χ4v) is 2.57. The maximum Gasteiger partial charge on any atom is 0.191 e. The average Bonchev–Trinajstić information content (AvgIpc) is 3.17. The molecule has 1 atom stereocenters. The summed E-state index contributed by atoms with van der Waals surface area (Å²) in [7, 11) is 0. The first-order chi connectivity index (χ1) is 9.83. The van der Waals surface area contributed by atoms with Gasteiger partial charge in [0.15, 0.2) is 5.82 Å². The third kappa shape index (κ3) is 2.89. The quantitative estimate of drug-likeness (QED) is 0.751. The fourth-order valence-electron chi connectivity index (χ4n) is 1.82. The molecule has 1 aromatic carbocycles. The zero-order valence-corrected chi connectivity index (χ0v) is 11.8. The van der Waals surface area contributed by atoms with Crippen molar-refractivity contribution < 1.29 is 0 Å². The summed E-state index contributed by atoms with van der Waals surface area (Å²) in [6, 6.07) is 10.2. The van der Waals surface area contributed by atoms with E-state index in [-0.39, 0.29) is 6.04 Å². The molecule has 0 fully saturated rings. The Bertz CT molecular complexity index is 649. The molecule has 2 aromatic heterocycles. The van der Waals surface area contributed by atoms with Crippen LogP contribution >= 0.6 is 11.3 Å². The fraction of sp³-hybridized carbons (Fsp3) is 0.231. The van der Waals surface area contributed by atoms with Crippen LogP contribution in [0, 0.1) is 0 Å². The Morgan fingerprint density at radius 2 is 2.15 bits per heavy atom. The van der Waals surface area contributed by atoms with Crippen LogP contribution in [0.15, 0.2) is 35.7 Å². The standard InChI is InChI=1S/C13H14N6S/c1-9(13-16-18-19-17-13)14-7-12-15-11(8-20-12)10-5-3-2-4-6-10/h2-6,8-9,14H,7H2,1H3,(H,16,17,18,19). The van der Waals surface area contributed by atoms with Crippen LogP contribution in [-0.4, -0.2) is 25.6 Å². The molecule has 7 heteroatoms. The molecule has 6 nitrogen and oxygen atoms in total. The molecule has 0 aliphatic heterocycles. The lowest BCUT2D eigenvalue weighted by molar-refractivity contribution is 0.546. The Balaban J connectivity index is 1.63. The maximum atomic E-state index is 4.63. The van der Waals surface area contributed by atoms with Crippen LogP contribution < -0.4 is 5.32 Å². The summed E-state index contributed by atoms with van der Waals surface area (Å²) in [5, 5.41) is 20.4. The third-order valence-corrected chi connectivity index (χ3v) is 3.78. The van der Waals surface area contributed by atoms with Crippen LogP contribution in [0.4, 0.5) is 0 Å². The minimum Gasteiger partial charge on any atom is -0.301 e. The van der Waals surface area contributed by atoms with Crippen molar-refractivity contribution in [2.45, 2.75) is 19.5 Å². The molecule has 0 spiro atoms. The number of nitrogens with one attached hydrogen (secondary N) is 2. The van der Waals surface area contributed by atoms with E-state index < -0.39 is 0 Å². The van der Waals surface area contributed by atoms with E-state index in [1.165, 1.54) is 0 Å². The number of tetrazole rings is 1. The number of benzene rings is 1. The van der Waals surface area contributed by atoms with Gasteiger partial charge < -0.3 is 5.32 Å². The molecule has 0 saturated heterocycles. The van der Waals surface area contributed by atoms with Crippen LogP contribution in [0.5, 0.6) is 0 Å². The molecule has 3 rings (SSSR count). The first-order valence-electron chi connectivity index (χ1n) is 6.29. The molecule has 0 amide bonds. The zero-order valence-electron chi connectivity index (χ0n) is 10.9. The number of nitrogens with zero attached hydrogens (tertiary/aromatic N) is 4. The lowest BCUT2D eigenvalue weighted by Crippen LogP contribution is -2.19. The van der Waals surface area contributed by atoms with E-state index in [9.17, 15) is 0 Å². The summed E-state index contributed by atoms with van der Waals surface area (Å²) in [5.41, 5.74) is 2.15. The van der Waals surface area contributed by atoms with Crippen LogP contribution in [0.1, 0.15) is 23.8 Å². The lowest BCUT2D eigenvalue weighted by atomic mass is 10.2. The van der Waals surface area contributed by atoms with Gasteiger partial charge >= 0.3 is 0 Å². The molecular weight excluding hydrogens is 272 g/mol. The summed E-state index contributed by atoms with van der Waals surface area (Å²) < 4.78 is 0. The Labute approximate surface area is 120 Å². The van der Waals surface area contributed by atoms with Crippen molar-refractivity contribution in [3.63, 3.8) is 0 Å². The van der Waals surface area contributed by atoms with Crippen molar-refractivity contribution in [2.24, 2.45) is 0 Å². The molecule has 0 saturated carbocycles. The van der Waals surface area contributed by atoms with Gasteiger partial charge in [0, 0.05) is 17.5 Å². The van der Waals surface area contributed by atoms with Gasteiger partial charge in [-0.3, -0.25) is 0 Å². The maximum absolute atomic E-state index is 4.63. The normalized spacial score (nSPS) is 12.4. The number of H-pyrrole nitrogens is 1. The van der Waals surface area contributed by atoms with E-state index in [1.54, 1.807) is 11.3 Å². The molecule has 3 aromatic rings. The molecule has 0 aliphatic carbocycles. The summed E-state index contributed by atoms with van der Waals surface area (Å²) >= 11 is 1.65. The number of thiazole rings is 1. The van der Waals surface area contributed by atoms with Gasteiger partial charge in [0.1, 0.15) is 5.01 Å². The highest BCUT2D eigenvalue weighted by Gasteiger charge is 2.11. The van der Waals surface area contributed by atoms with Crippen molar-refractivity contribution in [1.29, 1.82) is 0 Å². The van der Waals surface area contributed by atoms with Crippen molar-refractivity contribution >= 4 is 11.3 Å². The molecule has 0 aliphatic rings. The smallest absolute Gasteiger partial charge is 0.191 e. The van der Waals surface area contributed by atoms with Gasteiger partial charge in [0.05, 0.1) is 11.7 Å². The number of aromatic amines is 1. The highest BCUT2D eigenvalue weighted by Crippen LogP contribution is 2.21.